The molecule has 5 nitrogen and oxygen atoms in total. The molecule has 0 bridgehead atoms. The van der Waals surface area contributed by atoms with Gasteiger partial charge in [-0.25, -0.2) is 0 Å². The van der Waals surface area contributed by atoms with Gasteiger partial charge in [0.05, 0.1) is 12.6 Å². The first-order chi connectivity index (χ1) is 6.50. The van der Waals surface area contributed by atoms with Crippen molar-refractivity contribution in [2.24, 2.45) is 0 Å². The molecule has 78 valence electrons. The van der Waals surface area contributed by atoms with E-state index in [9.17, 15) is 14.7 Å². The Labute approximate surface area is 83.9 Å². The number of carbonyl (C=O) groups is 2. The van der Waals surface area contributed by atoms with Crippen LogP contribution in [-0.4, -0.2) is 54.8 Å². The van der Waals surface area contributed by atoms with Gasteiger partial charge in [-0.15, -0.1) is 0 Å². The van der Waals surface area contributed by atoms with Gasteiger partial charge in [0.25, 0.3) is 0 Å². The summed E-state index contributed by atoms with van der Waals surface area (Å²) in [6.07, 6.45) is 0.192. The lowest BCUT2D eigenvalue weighted by Crippen LogP contribution is -2.41. The monoisotopic (exact) mass is 198 g/mol. The van der Waals surface area contributed by atoms with E-state index in [4.69, 9.17) is 0 Å². The number of aliphatic hydroxyl groups is 1. The maximum Gasteiger partial charge on any atom is 0.242 e. The van der Waals surface area contributed by atoms with Crippen LogP contribution in [0.5, 0.6) is 0 Å². The van der Waals surface area contributed by atoms with E-state index in [1.54, 1.807) is 4.90 Å². The van der Waals surface area contributed by atoms with Crippen LogP contribution in [0.1, 0.15) is 13.3 Å². The Kier molecular flexibility index (Phi) is 3.52. The second-order valence-corrected chi connectivity index (χ2v) is 3.69. The highest BCUT2D eigenvalue weighted by molar-refractivity contribution is 6.57. The van der Waals surface area contributed by atoms with E-state index in [0.29, 0.717) is 13.0 Å². The van der Waals surface area contributed by atoms with Crippen LogP contribution in [0.25, 0.3) is 0 Å². The number of aliphatic hydroxyl groups excluding tert-OH is 1. The van der Waals surface area contributed by atoms with Gasteiger partial charge in [0, 0.05) is 12.6 Å². The average molecular weight is 198 g/mol. The summed E-state index contributed by atoms with van der Waals surface area (Å²) in [5.74, 6) is -0.352. The molecule has 2 N–H and O–H groups in total. The van der Waals surface area contributed by atoms with E-state index in [1.807, 2.05) is 6.92 Å². The molecule has 0 aromatic heterocycles. The number of carbonyl (C=O) groups excluding carboxylic acids is 2. The molecule has 14 heavy (non-hydrogen) atoms. The molecule has 1 aliphatic heterocycles. The third kappa shape index (κ3) is 2.73. The van der Waals surface area contributed by atoms with Gasteiger partial charge in [0.1, 0.15) is 0 Å². The van der Waals surface area contributed by atoms with Crippen LogP contribution < -0.4 is 5.32 Å². The normalized spacial score (nSPS) is 26.3. The van der Waals surface area contributed by atoms with Crippen molar-refractivity contribution in [1.29, 1.82) is 0 Å². The molecule has 1 fully saturated rings. The molecule has 1 aliphatic rings. The Hall–Kier alpha value is -1.04. The molecule has 0 radical (unpaired) electrons. The summed E-state index contributed by atoms with van der Waals surface area (Å²) >= 11 is 0. The van der Waals surface area contributed by atoms with Crippen LogP contribution in [0.3, 0.4) is 0 Å². The zero-order chi connectivity index (χ0) is 10.7. The largest absolute Gasteiger partial charge is 0.391 e. The predicted molar refractivity (Wildman–Crippen MR) is 53.7 cm³/mol. The minimum Gasteiger partial charge on any atom is -0.391 e. The van der Waals surface area contributed by atoms with E-state index in [2.05, 4.69) is 5.32 Å². The Balaban J connectivity index is 2.41. The van der Waals surface area contributed by atoms with Crippen molar-refractivity contribution in [2.45, 2.75) is 25.5 Å². The number of hydrogen-bond acceptors (Lipinski definition) is 3. The highest BCUT2D eigenvalue weighted by Gasteiger charge is 2.30. The topological polar surface area (TPSA) is 69.6 Å². The fourth-order valence-electron chi connectivity index (χ4n) is 1.65. The number of β-amino-alcohol motifs (C(OH)–C–C–N with tert-alkyl or cyclic N) is 1. The molecular formula is C8H15BN2O3. The summed E-state index contributed by atoms with van der Waals surface area (Å²) in [5, 5.41) is 11.8. The first-order valence-electron chi connectivity index (χ1n) is 4.72. The lowest BCUT2D eigenvalue weighted by molar-refractivity contribution is -0.130. The lowest BCUT2D eigenvalue weighted by Gasteiger charge is -2.21. The molecule has 2 atom stereocenters. The van der Waals surface area contributed by atoms with Crippen molar-refractivity contribution in [3.63, 3.8) is 0 Å². The van der Waals surface area contributed by atoms with Crippen LogP contribution in [0.2, 0.25) is 0 Å². The van der Waals surface area contributed by atoms with Crippen LogP contribution in [-0.2, 0) is 4.79 Å². The number of amides is 2. The molecule has 0 aliphatic carbocycles. The van der Waals surface area contributed by atoms with Gasteiger partial charge in [0.15, 0.2) is 5.81 Å². The van der Waals surface area contributed by atoms with Crippen LogP contribution >= 0.6 is 0 Å². The fourth-order valence-corrected chi connectivity index (χ4v) is 1.65. The van der Waals surface area contributed by atoms with Gasteiger partial charge >= 0.3 is 0 Å². The molecule has 2 amide bonds. The number of rotatable bonds is 2. The van der Waals surface area contributed by atoms with Crippen molar-refractivity contribution in [3.8, 4) is 0 Å². The zero-order valence-electron chi connectivity index (χ0n) is 8.49. The maximum atomic E-state index is 11.5. The van der Waals surface area contributed by atoms with Gasteiger partial charge < -0.3 is 15.3 Å². The van der Waals surface area contributed by atoms with E-state index < -0.39 is 6.10 Å². The Morgan fingerprint density at radius 2 is 2.29 bits per heavy atom. The van der Waals surface area contributed by atoms with Crippen LogP contribution in [0, 0.1) is 0 Å². The highest BCUT2D eigenvalue weighted by Crippen LogP contribution is 2.16. The summed E-state index contributed by atoms with van der Waals surface area (Å²) in [6.45, 7) is 2.29. The van der Waals surface area contributed by atoms with E-state index in [0.717, 1.165) is 0 Å². The quantitative estimate of drug-likeness (QED) is 0.520. The summed E-state index contributed by atoms with van der Waals surface area (Å²) in [5.41, 5.74) is 0. The molecule has 1 saturated heterocycles. The second kappa shape index (κ2) is 4.46. The van der Waals surface area contributed by atoms with E-state index in [-0.39, 0.29) is 24.3 Å². The molecule has 1 heterocycles. The minimum atomic E-state index is -0.425. The second-order valence-electron chi connectivity index (χ2n) is 3.69. The summed E-state index contributed by atoms with van der Waals surface area (Å²) < 4.78 is 0. The molecule has 0 unspecified atom stereocenters. The molecule has 0 spiro atoms. The SMILES string of the molecule is BC(=O)NCC(=O)N1C[C@H](O)C[C@H]1C. The Bertz CT molecular complexity index is 247. The Morgan fingerprint density at radius 3 is 2.71 bits per heavy atom. The minimum absolute atomic E-state index is 0.0202. The fraction of sp³-hybridized carbons (Fsp3) is 0.750. The number of likely N-dealkylation sites (tertiary alicyclic amines) is 1. The number of nitrogens with one attached hydrogen (secondary N) is 1. The number of nitrogens with zero attached hydrogens (tertiary/aromatic N) is 1. The molecular weight excluding hydrogens is 183 g/mol. The Morgan fingerprint density at radius 1 is 1.64 bits per heavy atom. The smallest absolute Gasteiger partial charge is 0.242 e. The van der Waals surface area contributed by atoms with Crippen molar-refractivity contribution in [1.82, 2.24) is 10.2 Å². The standard InChI is InChI=1S/C8H15BN2O3/c1-5-2-6(12)4-11(5)7(13)3-10-8(9)14/h5-6,12H,2-4,9H2,1H3,(H,10,14)/t5-,6-/m1/s1. The van der Waals surface area contributed by atoms with Crippen molar-refractivity contribution >= 4 is 19.6 Å². The van der Waals surface area contributed by atoms with Gasteiger partial charge in [-0.3, -0.25) is 9.59 Å². The lowest BCUT2D eigenvalue weighted by atomic mass is 10.1. The van der Waals surface area contributed by atoms with E-state index in [1.165, 1.54) is 7.85 Å². The van der Waals surface area contributed by atoms with Gasteiger partial charge in [-0.2, -0.15) is 0 Å². The summed E-state index contributed by atoms with van der Waals surface area (Å²) in [7, 11) is 1.37. The molecule has 1 rings (SSSR count). The van der Waals surface area contributed by atoms with Crippen molar-refractivity contribution < 1.29 is 14.7 Å². The van der Waals surface area contributed by atoms with Gasteiger partial charge in [0.2, 0.25) is 13.8 Å². The third-order valence-electron chi connectivity index (χ3n) is 2.36. The summed E-state index contributed by atoms with van der Waals surface area (Å²) in [6, 6.07) is 0.0614. The maximum absolute atomic E-state index is 11.5. The number of hydrogen-bond donors (Lipinski definition) is 2. The molecule has 6 heteroatoms. The summed E-state index contributed by atoms with van der Waals surface area (Å²) in [4.78, 5) is 23.7. The molecule has 0 aromatic rings. The van der Waals surface area contributed by atoms with Gasteiger partial charge in [-0.1, -0.05) is 0 Å². The van der Waals surface area contributed by atoms with Crippen molar-refractivity contribution in [2.75, 3.05) is 13.1 Å². The zero-order valence-corrected chi connectivity index (χ0v) is 8.49. The van der Waals surface area contributed by atoms with Crippen molar-refractivity contribution in [3.05, 3.63) is 0 Å². The van der Waals surface area contributed by atoms with E-state index >= 15 is 0 Å². The molecule has 0 saturated carbocycles. The first kappa shape index (κ1) is 11.0. The predicted octanol–water partition coefficient (Wildman–Crippen LogP) is -1.69. The third-order valence-corrected chi connectivity index (χ3v) is 2.36. The van der Waals surface area contributed by atoms with Crippen LogP contribution in [0.15, 0.2) is 0 Å². The molecule has 0 aromatic carbocycles. The highest BCUT2D eigenvalue weighted by atomic mass is 16.3. The first-order valence-corrected chi connectivity index (χ1v) is 4.72. The van der Waals surface area contributed by atoms with Crippen LogP contribution in [0.4, 0.5) is 4.79 Å². The van der Waals surface area contributed by atoms with Gasteiger partial charge in [-0.05, 0) is 13.3 Å². The average Bonchev–Trinajstić information content (AvgIpc) is 2.41.